The van der Waals surface area contributed by atoms with Crippen LogP contribution in [0.1, 0.15) is 59.3 Å². The van der Waals surface area contributed by atoms with Gasteiger partial charge in [0.2, 0.25) is 5.91 Å². The molecule has 0 fully saturated rings. The second-order valence-electron chi connectivity index (χ2n) is 6.12. The molecule has 0 aliphatic carbocycles. The smallest absolute Gasteiger partial charge is 0.408 e. The Balaban J connectivity index is 3.47. The molecular formula is C15H28N2O5. The lowest BCUT2D eigenvalue weighted by Crippen LogP contribution is -2.39. The van der Waals surface area contributed by atoms with Crippen LogP contribution in [0.15, 0.2) is 0 Å². The Hall–Kier alpha value is -1.79. The van der Waals surface area contributed by atoms with Gasteiger partial charge in [-0.05, 0) is 33.6 Å². The Morgan fingerprint density at radius 3 is 2.14 bits per heavy atom. The lowest BCUT2D eigenvalue weighted by atomic mass is 10.1. The third-order valence-corrected chi connectivity index (χ3v) is 2.68. The Bertz CT molecular complexity index is 363. The van der Waals surface area contributed by atoms with Crippen molar-refractivity contribution in [2.24, 2.45) is 0 Å². The number of aliphatic carboxylic acids is 1. The highest BCUT2D eigenvalue weighted by molar-refractivity contribution is 5.82. The summed E-state index contributed by atoms with van der Waals surface area (Å²) in [6, 6.07) is 0. The van der Waals surface area contributed by atoms with Gasteiger partial charge in [-0.1, -0.05) is 19.3 Å². The zero-order valence-electron chi connectivity index (χ0n) is 13.7. The number of nitrogens with one attached hydrogen (secondary N) is 2. The largest absolute Gasteiger partial charge is 0.481 e. The summed E-state index contributed by atoms with van der Waals surface area (Å²) in [4.78, 5) is 33.1. The van der Waals surface area contributed by atoms with Crippen molar-refractivity contribution in [2.75, 3.05) is 13.1 Å². The van der Waals surface area contributed by atoms with E-state index in [0.717, 1.165) is 25.7 Å². The highest BCUT2D eigenvalue weighted by Crippen LogP contribution is 2.06. The minimum atomic E-state index is -0.759. The summed E-state index contributed by atoms with van der Waals surface area (Å²) in [6.45, 7) is 5.70. The van der Waals surface area contributed by atoms with Crippen LogP contribution in [-0.2, 0) is 14.3 Å². The molecule has 0 aromatic heterocycles. The van der Waals surface area contributed by atoms with Gasteiger partial charge in [0.05, 0.1) is 6.54 Å². The van der Waals surface area contributed by atoms with E-state index in [2.05, 4.69) is 10.6 Å². The van der Waals surface area contributed by atoms with Crippen LogP contribution in [0.5, 0.6) is 0 Å². The molecule has 0 bridgehead atoms. The number of rotatable bonds is 10. The number of amides is 2. The average molecular weight is 316 g/mol. The number of hydrogen-bond acceptors (Lipinski definition) is 4. The molecule has 0 aromatic carbocycles. The second-order valence-corrected chi connectivity index (χ2v) is 6.12. The van der Waals surface area contributed by atoms with Crippen molar-refractivity contribution >= 4 is 18.0 Å². The van der Waals surface area contributed by atoms with Crippen molar-refractivity contribution in [3.05, 3.63) is 0 Å². The number of hydrogen-bond donors (Lipinski definition) is 3. The first kappa shape index (κ1) is 20.2. The van der Waals surface area contributed by atoms with Gasteiger partial charge in [-0.2, -0.15) is 0 Å². The van der Waals surface area contributed by atoms with Crippen LogP contribution < -0.4 is 10.6 Å². The van der Waals surface area contributed by atoms with Crippen molar-refractivity contribution < 1.29 is 24.2 Å². The van der Waals surface area contributed by atoms with Gasteiger partial charge < -0.3 is 20.5 Å². The SMILES string of the molecule is CC(C)(C)OC(=O)NCC(=O)NCCCCCCCC(=O)O. The quantitative estimate of drug-likeness (QED) is 0.535. The summed E-state index contributed by atoms with van der Waals surface area (Å²) in [7, 11) is 0. The molecule has 3 N–H and O–H groups in total. The standard InChI is InChI=1S/C15H28N2O5/c1-15(2,3)22-14(21)17-11-12(18)16-10-8-6-4-5-7-9-13(19)20/h4-11H2,1-3H3,(H,16,18)(H,17,21)(H,19,20). The van der Waals surface area contributed by atoms with E-state index in [9.17, 15) is 14.4 Å². The minimum Gasteiger partial charge on any atom is -0.481 e. The van der Waals surface area contributed by atoms with Crippen LogP contribution in [0, 0.1) is 0 Å². The Kier molecular flexibility index (Phi) is 9.98. The molecule has 0 aliphatic rings. The number of carboxylic acid groups (broad SMARTS) is 1. The van der Waals surface area contributed by atoms with Crippen molar-refractivity contribution in [1.82, 2.24) is 10.6 Å². The summed E-state index contributed by atoms with van der Waals surface area (Å²) in [5, 5.41) is 13.6. The van der Waals surface area contributed by atoms with E-state index in [1.54, 1.807) is 20.8 Å². The van der Waals surface area contributed by atoms with Gasteiger partial charge in [0.15, 0.2) is 0 Å². The normalized spacial score (nSPS) is 10.9. The first-order chi connectivity index (χ1) is 10.2. The molecule has 0 saturated heterocycles. The van der Waals surface area contributed by atoms with Crippen LogP contribution in [0.4, 0.5) is 4.79 Å². The molecule has 0 spiro atoms. The van der Waals surface area contributed by atoms with Crippen LogP contribution >= 0.6 is 0 Å². The van der Waals surface area contributed by atoms with Gasteiger partial charge in [-0.25, -0.2) is 4.79 Å². The summed E-state index contributed by atoms with van der Waals surface area (Å²) < 4.78 is 5.01. The summed E-state index contributed by atoms with van der Waals surface area (Å²) >= 11 is 0. The van der Waals surface area contributed by atoms with E-state index < -0.39 is 17.7 Å². The van der Waals surface area contributed by atoms with Crippen LogP contribution in [0.25, 0.3) is 0 Å². The van der Waals surface area contributed by atoms with Crippen molar-refractivity contribution in [3.63, 3.8) is 0 Å². The summed E-state index contributed by atoms with van der Waals surface area (Å²) in [6.07, 6.45) is 3.93. The number of alkyl carbamates (subject to hydrolysis) is 1. The topological polar surface area (TPSA) is 105 Å². The molecule has 0 aromatic rings. The van der Waals surface area contributed by atoms with E-state index in [0.29, 0.717) is 13.0 Å². The molecule has 0 atom stereocenters. The van der Waals surface area contributed by atoms with Gasteiger partial charge in [0.1, 0.15) is 5.60 Å². The number of carboxylic acids is 1. The molecule has 0 rings (SSSR count). The van der Waals surface area contributed by atoms with Crippen LogP contribution in [0.2, 0.25) is 0 Å². The number of unbranched alkanes of at least 4 members (excludes halogenated alkanes) is 4. The summed E-state index contributed by atoms with van der Waals surface area (Å²) in [5.41, 5.74) is -0.582. The van der Waals surface area contributed by atoms with E-state index in [1.165, 1.54) is 0 Å². The monoisotopic (exact) mass is 316 g/mol. The van der Waals surface area contributed by atoms with Crippen LogP contribution in [0.3, 0.4) is 0 Å². The molecule has 128 valence electrons. The first-order valence-electron chi connectivity index (χ1n) is 7.66. The van der Waals surface area contributed by atoms with E-state index in [4.69, 9.17) is 9.84 Å². The Morgan fingerprint density at radius 2 is 1.55 bits per heavy atom. The lowest BCUT2D eigenvalue weighted by Gasteiger charge is -2.19. The fourth-order valence-electron chi connectivity index (χ4n) is 1.69. The minimum absolute atomic E-state index is 0.104. The maximum Gasteiger partial charge on any atom is 0.408 e. The van der Waals surface area contributed by atoms with Gasteiger partial charge in [-0.3, -0.25) is 9.59 Å². The number of carbonyl (C=O) groups is 3. The van der Waals surface area contributed by atoms with Crippen LogP contribution in [-0.4, -0.2) is 41.8 Å². The molecule has 0 aliphatic heterocycles. The maximum absolute atomic E-state index is 11.5. The molecular weight excluding hydrogens is 288 g/mol. The fraction of sp³-hybridized carbons (Fsp3) is 0.800. The predicted molar refractivity (Wildman–Crippen MR) is 82.6 cm³/mol. The first-order valence-corrected chi connectivity index (χ1v) is 7.66. The predicted octanol–water partition coefficient (Wildman–Crippen LogP) is 2.05. The highest BCUT2D eigenvalue weighted by atomic mass is 16.6. The number of carbonyl (C=O) groups excluding carboxylic acids is 2. The molecule has 7 heteroatoms. The number of ether oxygens (including phenoxy) is 1. The van der Waals surface area contributed by atoms with Gasteiger partial charge >= 0.3 is 12.1 Å². The lowest BCUT2D eigenvalue weighted by molar-refractivity contribution is -0.137. The third kappa shape index (κ3) is 14.6. The maximum atomic E-state index is 11.5. The molecule has 22 heavy (non-hydrogen) atoms. The zero-order chi connectivity index (χ0) is 17.0. The second kappa shape index (κ2) is 10.9. The average Bonchev–Trinajstić information content (AvgIpc) is 2.37. The highest BCUT2D eigenvalue weighted by Gasteiger charge is 2.16. The Morgan fingerprint density at radius 1 is 0.955 bits per heavy atom. The van der Waals surface area contributed by atoms with E-state index in [1.807, 2.05) is 0 Å². The Labute approximate surface area is 131 Å². The molecule has 0 saturated carbocycles. The van der Waals surface area contributed by atoms with Gasteiger partial charge in [0.25, 0.3) is 0 Å². The summed E-state index contributed by atoms with van der Waals surface area (Å²) in [5.74, 6) is -1.01. The molecule has 7 nitrogen and oxygen atoms in total. The van der Waals surface area contributed by atoms with Crippen molar-refractivity contribution in [2.45, 2.75) is 64.9 Å². The fourth-order valence-corrected chi connectivity index (χ4v) is 1.69. The van der Waals surface area contributed by atoms with Gasteiger partial charge in [-0.15, -0.1) is 0 Å². The van der Waals surface area contributed by atoms with Gasteiger partial charge in [0, 0.05) is 13.0 Å². The molecule has 2 amide bonds. The molecule has 0 heterocycles. The third-order valence-electron chi connectivity index (χ3n) is 2.68. The molecule has 0 radical (unpaired) electrons. The van der Waals surface area contributed by atoms with E-state index >= 15 is 0 Å². The van der Waals surface area contributed by atoms with Crippen molar-refractivity contribution in [3.8, 4) is 0 Å². The van der Waals surface area contributed by atoms with Crippen molar-refractivity contribution in [1.29, 1.82) is 0 Å². The van der Waals surface area contributed by atoms with E-state index in [-0.39, 0.29) is 18.9 Å². The zero-order valence-corrected chi connectivity index (χ0v) is 13.7. The molecule has 0 unspecified atom stereocenters.